The SMILES string of the molecule is C[C@H]1CN(S(=O)(=O)CCNC(=O)NCc2ccco2)C[C@H](C)O1. The van der Waals surface area contributed by atoms with Crippen LogP contribution in [0.15, 0.2) is 22.8 Å². The van der Waals surface area contributed by atoms with Crippen molar-refractivity contribution in [2.24, 2.45) is 0 Å². The summed E-state index contributed by atoms with van der Waals surface area (Å²) < 4.78 is 36.6. The summed E-state index contributed by atoms with van der Waals surface area (Å²) in [6.45, 7) is 4.68. The number of furan rings is 1. The Balaban J connectivity index is 1.72. The number of nitrogens with one attached hydrogen (secondary N) is 2. The van der Waals surface area contributed by atoms with Crippen LogP contribution in [0.3, 0.4) is 0 Å². The minimum atomic E-state index is -3.41. The molecule has 2 atom stereocenters. The van der Waals surface area contributed by atoms with Gasteiger partial charge in [-0.1, -0.05) is 0 Å². The summed E-state index contributed by atoms with van der Waals surface area (Å²) in [5.74, 6) is 0.490. The Bertz CT molecular complexity index is 592. The van der Waals surface area contributed by atoms with Gasteiger partial charge >= 0.3 is 6.03 Å². The van der Waals surface area contributed by atoms with E-state index in [0.29, 0.717) is 18.8 Å². The molecule has 2 amide bonds. The molecule has 0 unspecified atom stereocenters. The number of carbonyl (C=O) groups is 1. The van der Waals surface area contributed by atoms with Gasteiger partial charge in [-0.3, -0.25) is 0 Å². The van der Waals surface area contributed by atoms with Gasteiger partial charge in [-0.15, -0.1) is 0 Å². The Morgan fingerprint density at radius 1 is 1.30 bits per heavy atom. The largest absolute Gasteiger partial charge is 0.467 e. The maximum Gasteiger partial charge on any atom is 0.315 e. The molecule has 2 rings (SSSR count). The van der Waals surface area contributed by atoms with Gasteiger partial charge in [0.2, 0.25) is 10.0 Å². The molecular formula is C14H23N3O5S. The molecule has 1 aromatic rings. The average molecular weight is 345 g/mol. The molecular weight excluding hydrogens is 322 g/mol. The molecule has 23 heavy (non-hydrogen) atoms. The van der Waals surface area contributed by atoms with Crippen molar-refractivity contribution < 1.29 is 22.4 Å². The van der Waals surface area contributed by atoms with Gasteiger partial charge in [-0.25, -0.2) is 13.2 Å². The zero-order chi connectivity index (χ0) is 16.9. The fraction of sp³-hybridized carbons (Fsp3) is 0.643. The van der Waals surface area contributed by atoms with Gasteiger partial charge in [0.25, 0.3) is 0 Å². The third-order valence-electron chi connectivity index (χ3n) is 3.43. The van der Waals surface area contributed by atoms with E-state index in [4.69, 9.17) is 9.15 Å². The molecule has 1 fully saturated rings. The van der Waals surface area contributed by atoms with Crippen molar-refractivity contribution in [3.05, 3.63) is 24.2 Å². The monoisotopic (exact) mass is 345 g/mol. The molecule has 8 nitrogen and oxygen atoms in total. The minimum Gasteiger partial charge on any atom is -0.467 e. The molecule has 2 N–H and O–H groups in total. The van der Waals surface area contributed by atoms with E-state index in [1.54, 1.807) is 12.1 Å². The van der Waals surface area contributed by atoms with Crippen LogP contribution in [-0.4, -0.2) is 56.3 Å². The Hall–Kier alpha value is -1.58. The summed E-state index contributed by atoms with van der Waals surface area (Å²) in [5, 5.41) is 5.13. The van der Waals surface area contributed by atoms with E-state index in [-0.39, 0.29) is 31.1 Å². The molecule has 9 heteroatoms. The van der Waals surface area contributed by atoms with E-state index in [2.05, 4.69) is 10.6 Å². The van der Waals surface area contributed by atoms with Gasteiger partial charge in [0, 0.05) is 19.6 Å². The summed E-state index contributed by atoms with van der Waals surface area (Å²) in [6, 6.07) is 3.04. The van der Waals surface area contributed by atoms with Gasteiger partial charge in [-0.2, -0.15) is 4.31 Å². The second-order valence-corrected chi connectivity index (χ2v) is 7.67. The first-order valence-corrected chi connectivity index (χ1v) is 9.15. The summed E-state index contributed by atoms with van der Waals surface area (Å²) in [6.07, 6.45) is 1.27. The van der Waals surface area contributed by atoms with Crippen molar-refractivity contribution in [1.82, 2.24) is 14.9 Å². The van der Waals surface area contributed by atoms with E-state index in [0.717, 1.165) is 0 Å². The maximum atomic E-state index is 12.3. The highest BCUT2D eigenvalue weighted by Gasteiger charge is 2.30. The van der Waals surface area contributed by atoms with Gasteiger partial charge in [0.1, 0.15) is 5.76 Å². The highest BCUT2D eigenvalue weighted by atomic mass is 32.2. The van der Waals surface area contributed by atoms with Crippen LogP contribution >= 0.6 is 0 Å². The standard InChI is InChI=1S/C14H23N3O5S/c1-11-9-17(10-12(2)22-11)23(19,20)7-5-15-14(18)16-8-13-4-3-6-21-13/h3-4,6,11-12H,5,7-10H2,1-2H3,(H2,15,16,18)/t11-,12-/m0/s1. The first kappa shape index (κ1) is 17.8. The number of hydrogen-bond donors (Lipinski definition) is 2. The highest BCUT2D eigenvalue weighted by Crippen LogP contribution is 2.14. The molecule has 0 aliphatic carbocycles. The zero-order valence-electron chi connectivity index (χ0n) is 13.3. The number of nitrogens with zero attached hydrogens (tertiary/aromatic N) is 1. The molecule has 0 radical (unpaired) electrons. The van der Waals surface area contributed by atoms with Crippen LogP contribution in [0.4, 0.5) is 4.79 Å². The first-order chi connectivity index (χ1) is 10.9. The molecule has 0 saturated carbocycles. The fourth-order valence-corrected chi connectivity index (χ4v) is 3.92. The van der Waals surface area contributed by atoms with Gasteiger partial charge in [-0.05, 0) is 26.0 Å². The first-order valence-electron chi connectivity index (χ1n) is 7.54. The third-order valence-corrected chi connectivity index (χ3v) is 5.23. The summed E-state index contributed by atoms with van der Waals surface area (Å²) in [7, 11) is -3.41. The zero-order valence-corrected chi connectivity index (χ0v) is 14.1. The number of urea groups is 1. The Morgan fingerprint density at radius 3 is 2.61 bits per heavy atom. The highest BCUT2D eigenvalue weighted by molar-refractivity contribution is 7.89. The Kier molecular flexibility index (Phi) is 6.03. The van der Waals surface area contributed by atoms with Crippen LogP contribution < -0.4 is 10.6 Å². The topological polar surface area (TPSA) is 101 Å². The van der Waals surface area contributed by atoms with E-state index >= 15 is 0 Å². The summed E-state index contributed by atoms with van der Waals surface area (Å²) in [4.78, 5) is 11.6. The number of sulfonamides is 1. The van der Waals surface area contributed by atoms with Crippen molar-refractivity contribution in [1.29, 1.82) is 0 Å². The van der Waals surface area contributed by atoms with Crippen molar-refractivity contribution in [3.8, 4) is 0 Å². The number of rotatable bonds is 6. The lowest BCUT2D eigenvalue weighted by molar-refractivity contribution is -0.0440. The molecule has 1 aliphatic heterocycles. The Labute approximate surface area is 136 Å². The van der Waals surface area contributed by atoms with E-state index in [1.807, 2.05) is 13.8 Å². The second-order valence-electron chi connectivity index (χ2n) is 5.58. The lowest BCUT2D eigenvalue weighted by Gasteiger charge is -2.34. The maximum absolute atomic E-state index is 12.3. The number of hydrogen-bond acceptors (Lipinski definition) is 5. The minimum absolute atomic E-state index is 0.0481. The Morgan fingerprint density at radius 2 is 2.00 bits per heavy atom. The predicted molar refractivity (Wildman–Crippen MR) is 84.3 cm³/mol. The lowest BCUT2D eigenvalue weighted by atomic mass is 10.3. The van der Waals surface area contributed by atoms with Gasteiger partial charge in [0.15, 0.2) is 0 Å². The van der Waals surface area contributed by atoms with Gasteiger partial charge < -0.3 is 19.8 Å². The predicted octanol–water partition coefficient (Wildman–Crippen LogP) is 0.518. The molecule has 1 saturated heterocycles. The molecule has 2 heterocycles. The molecule has 130 valence electrons. The van der Waals surface area contributed by atoms with Crippen molar-refractivity contribution in [3.63, 3.8) is 0 Å². The number of carbonyl (C=O) groups excluding carboxylic acids is 1. The van der Waals surface area contributed by atoms with E-state index < -0.39 is 16.1 Å². The summed E-state index contributed by atoms with van der Waals surface area (Å²) in [5.41, 5.74) is 0. The quantitative estimate of drug-likeness (QED) is 0.783. The van der Waals surface area contributed by atoms with Crippen LogP contribution in [0.25, 0.3) is 0 Å². The van der Waals surface area contributed by atoms with Crippen LogP contribution in [0.5, 0.6) is 0 Å². The number of morpholine rings is 1. The van der Waals surface area contributed by atoms with E-state index in [1.165, 1.54) is 10.6 Å². The fourth-order valence-electron chi connectivity index (χ4n) is 2.42. The molecule has 0 spiro atoms. The smallest absolute Gasteiger partial charge is 0.315 e. The summed E-state index contributed by atoms with van der Waals surface area (Å²) >= 11 is 0. The van der Waals surface area contributed by atoms with Crippen molar-refractivity contribution in [2.45, 2.75) is 32.6 Å². The second kappa shape index (κ2) is 7.80. The average Bonchev–Trinajstić information content (AvgIpc) is 2.97. The van der Waals surface area contributed by atoms with Gasteiger partial charge in [0.05, 0.1) is 30.8 Å². The number of ether oxygens (including phenoxy) is 1. The molecule has 0 aromatic carbocycles. The molecule has 1 aromatic heterocycles. The molecule has 0 bridgehead atoms. The normalized spacial score (nSPS) is 22.7. The van der Waals surface area contributed by atoms with Crippen LogP contribution in [0, 0.1) is 0 Å². The van der Waals surface area contributed by atoms with Crippen LogP contribution in [0.1, 0.15) is 19.6 Å². The number of amides is 2. The lowest BCUT2D eigenvalue weighted by Crippen LogP contribution is -2.50. The third kappa shape index (κ3) is 5.52. The van der Waals surface area contributed by atoms with Crippen molar-refractivity contribution in [2.75, 3.05) is 25.4 Å². The van der Waals surface area contributed by atoms with E-state index in [9.17, 15) is 13.2 Å². The van der Waals surface area contributed by atoms with Crippen molar-refractivity contribution >= 4 is 16.1 Å². The van der Waals surface area contributed by atoms with Crippen LogP contribution in [-0.2, 0) is 21.3 Å². The molecule has 1 aliphatic rings. The van der Waals surface area contributed by atoms with Crippen LogP contribution in [0.2, 0.25) is 0 Å².